The van der Waals surface area contributed by atoms with Crippen molar-refractivity contribution in [3.63, 3.8) is 0 Å². The van der Waals surface area contributed by atoms with E-state index in [1.165, 1.54) is 0 Å². The normalized spacial score (nSPS) is 15.0. The third kappa shape index (κ3) is 7.09. The summed E-state index contributed by atoms with van der Waals surface area (Å²) in [6.07, 6.45) is 0.791. The van der Waals surface area contributed by atoms with Gasteiger partial charge in [-0.3, -0.25) is 5.17 Å². The van der Waals surface area contributed by atoms with E-state index in [2.05, 4.69) is 47.9 Å². The Bertz CT molecular complexity index is 2170. The Morgan fingerprint density at radius 3 is 2.08 bits per heavy atom. The summed E-state index contributed by atoms with van der Waals surface area (Å²) in [6.45, 7) is 6.19. The molecule has 6 aromatic rings. The van der Waals surface area contributed by atoms with Crippen LogP contribution in [-0.4, -0.2) is 50.7 Å². The first-order chi connectivity index (χ1) is 25.6. The van der Waals surface area contributed by atoms with Crippen LogP contribution in [0.3, 0.4) is 0 Å². The Labute approximate surface area is 314 Å². The highest BCUT2D eigenvalue weighted by molar-refractivity contribution is 6.33. The first-order valence-corrected chi connectivity index (χ1v) is 18.1. The fourth-order valence-corrected chi connectivity index (χ4v) is 7.41. The fraction of sp³-hybridized carbons (Fsp3) is 0.233. The van der Waals surface area contributed by atoms with Gasteiger partial charge >= 0.3 is 6.09 Å². The molecule has 0 saturated carbocycles. The number of carbonyl (C=O) groups excluding carboxylic acids is 1. The van der Waals surface area contributed by atoms with Crippen LogP contribution in [0.25, 0.3) is 22.0 Å². The summed E-state index contributed by atoms with van der Waals surface area (Å²) in [5, 5.41) is 31.1. The summed E-state index contributed by atoms with van der Waals surface area (Å²) in [6, 6.07) is 43.3. The third-order valence-electron chi connectivity index (χ3n) is 9.57. The number of piperidine rings is 1. The van der Waals surface area contributed by atoms with E-state index >= 15 is 0 Å². The van der Waals surface area contributed by atoms with Gasteiger partial charge in [-0.05, 0) is 86.2 Å². The van der Waals surface area contributed by atoms with Crippen molar-refractivity contribution in [1.82, 2.24) is 19.9 Å². The summed E-state index contributed by atoms with van der Waals surface area (Å²) >= 11 is 6.72. The number of benzene rings is 5. The first kappa shape index (κ1) is 35.7. The molecule has 1 N–H and O–H groups in total. The van der Waals surface area contributed by atoms with E-state index in [9.17, 15) is 15.3 Å². The van der Waals surface area contributed by atoms with Gasteiger partial charge in [0.05, 0.1) is 17.1 Å². The van der Waals surface area contributed by atoms with Gasteiger partial charge in [0.15, 0.2) is 5.82 Å². The topological polar surface area (TPSA) is 109 Å². The largest absolute Gasteiger partial charge is 0.767 e. The molecule has 2 heterocycles. The Balaban J connectivity index is 1.42. The Morgan fingerprint density at radius 2 is 1.51 bits per heavy atom. The SMILES string of the molecule is CC(C)(C)OC(=O)N1CCC[C@@H](N([O-])Nc2nn(C(c3ccccc3)(c3ccccc3)c3ccccc3)c3ccc(-c4cc(C#N)ccc4Cl)cc23)C1. The van der Waals surface area contributed by atoms with E-state index in [-0.39, 0.29) is 6.54 Å². The Hall–Kier alpha value is -5.66. The summed E-state index contributed by atoms with van der Waals surface area (Å²) in [7, 11) is 0. The first-order valence-electron chi connectivity index (χ1n) is 17.7. The summed E-state index contributed by atoms with van der Waals surface area (Å²) in [5.74, 6) is 0.339. The molecule has 1 amide bonds. The molecule has 1 fully saturated rings. The van der Waals surface area contributed by atoms with Crippen LogP contribution < -0.4 is 5.43 Å². The molecule has 1 aliphatic heterocycles. The zero-order valence-electron chi connectivity index (χ0n) is 29.9. The van der Waals surface area contributed by atoms with Crippen molar-refractivity contribution in [2.75, 3.05) is 18.5 Å². The van der Waals surface area contributed by atoms with Crippen LogP contribution in [0.1, 0.15) is 55.9 Å². The van der Waals surface area contributed by atoms with E-state index in [1.807, 2.05) is 98.2 Å². The quantitative estimate of drug-likeness (QED) is 0.123. The predicted molar refractivity (Wildman–Crippen MR) is 209 cm³/mol. The van der Waals surface area contributed by atoms with Crippen molar-refractivity contribution in [3.8, 4) is 17.2 Å². The summed E-state index contributed by atoms with van der Waals surface area (Å²) in [5.41, 5.74) is 7.10. The molecule has 0 spiro atoms. The van der Waals surface area contributed by atoms with Crippen molar-refractivity contribution in [3.05, 3.63) is 160 Å². The molecular weight excluding hydrogens is 684 g/mol. The Morgan fingerprint density at radius 1 is 0.906 bits per heavy atom. The minimum absolute atomic E-state index is 0.202. The van der Waals surface area contributed by atoms with Crippen molar-refractivity contribution < 1.29 is 9.53 Å². The van der Waals surface area contributed by atoms with Gasteiger partial charge in [-0.25, -0.2) is 9.48 Å². The monoisotopic (exact) mass is 723 g/mol. The maximum Gasteiger partial charge on any atom is 0.410 e. The number of likely N-dealkylation sites (tertiary alicyclic amines) is 1. The second-order valence-electron chi connectivity index (χ2n) is 14.3. The number of nitrogens with zero attached hydrogens (tertiary/aromatic N) is 5. The van der Waals surface area contributed by atoms with Crippen molar-refractivity contribution >= 4 is 34.4 Å². The van der Waals surface area contributed by atoms with E-state index < -0.39 is 23.3 Å². The number of aromatic nitrogens is 2. The number of hydrogen-bond acceptors (Lipinski definition) is 7. The molecule has 1 atom stereocenters. The molecule has 0 unspecified atom stereocenters. The van der Waals surface area contributed by atoms with Crippen LogP contribution in [0, 0.1) is 16.5 Å². The van der Waals surface area contributed by atoms with Crippen LogP contribution in [0.15, 0.2) is 127 Å². The number of anilines is 1. The number of nitrogens with one attached hydrogen (secondary N) is 1. The van der Waals surface area contributed by atoms with Gasteiger partial charge in [-0.2, -0.15) is 10.4 Å². The Kier molecular flexibility index (Phi) is 9.95. The zero-order valence-corrected chi connectivity index (χ0v) is 30.6. The average Bonchev–Trinajstić information content (AvgIpc) is 3.53. The number of fused-ring (bicyclic) bond motifs is 1. The van der Waals surface area contributed by atoms with Crippen LogP contribution in [0.5, 0.6) is 0 Å². The predicted octanol–water partition coefficient (Wildman–Crippen LogP) is 9.59. The standard InChI is InChI=1S/C43H40ClN6O3/c1-42(2,3)53-41(51)48-25-13-20-35(29-48)50(52)47-40-37-27-31(36-26-30(28-45)21-23-38(36)44)22-24-39(37)49(46-40)43(32-14-7-4-8-15-32,33-16-9-5-10-17-33)34-18-11-6-12-19-34/h4-12,14-19,21-24,26-27,35H,13,20,25,29H2,1-3H3,(H,46,47)/q-1/t35-/m1/s1. The lowest BCUT2D eigenvalue weighted by molar-refractivity contribution is 0.0150. The molecule has 1 aliphatic rings. The van der Waals surface area contributed by atoms with Crippen LogP contribution in [-0.2, 0) is 10.3 Å². The van der Waals surface area contributed by atoms with Gasteiger partial charge in [0.2, 0.25) is 0 Å². The lowest BCUT2D eigenvalue weighted by Crippen LogP contribution is -2.50. The zero-order chi connectivity index (χ0) is 37.2. The number of nitriles is 1. The summed E-state index contributed by atoms with van der Waals surface area (Å²) < 4.78 is 7.62. The van der Waals surface area contributed by atoms with E-state index in [1.54, 1.807) is 23.1 Å². The fourth-order valence-electron chi connectivity index (χ4n) is 7.18. The highest BCUT2D eigenvalue weighted by Gasteiger charge is 2.41. The van der Waals surface area contributed by atoms with Gasteiger partial charge in [0.1, 0.15) is 11.1 Å². The smallest absolute Gasteiger partial charge is 0.410 e. The highest BCUT2D eigenvalue weighted by Crippen LogP contribution is 2.44. The molecule has 268 valence electrons. The lowest BCUT2D eigenvalue weighted by atomic mass is 9.77. The van der Waals surface area contributed by atoms with Gasteiger partial charge in [0, 0.05) is 35.1 Å². The highest BCUT2D eigenvalue weighted by atomic mass is 35.5. The number of ether oxygens (including phenoxy) is 1. The van der Waals surface area contributed by atoms with E-state index in [0.717, 1.165) is 32.9 Å². The van der Waals surface area contributed by atoms with Crippen molar-refractivity contribution in [2.24, 2.45) is 0 Å². The second-order valence-corrected chi connectivity index (χ2v) is 14.7. The van der Waals surface area contributed by atoms with Gasteiger partial charge in [-0.1, -0.05) is 109 Å². The molecule has 7 rings (SSSR count). The molecule has 0 aliphatic carbocycles. The molecule has 5 aromatic carbocycles. The number of carbonyl (C=O) groups is 1. The average molecular weight is 724 g/mol. The van der Waals surface area contributed by atoms with Gasteiger partial charge in [-0.15, -0.1) is 0 Å². The second kappa shape index (κ2) is 14.8. The van der Waals surface area contributed by atoms with Crippen LogP contribution in [0.4, 0.5) is 10.6 Å². The van der Waals surface area contributed by atoms with Gasteiger partial charge in [0.25, 0.3) is 0 Å². The molecule has 0 radical (unpaired) electrons. The number of halogens is 1. The number of amides is 1. The number of hydroxylamine groups is 1. The molecule has 1 saturated heterocycles. The molecule has 53 heavy (non-hydrogen) atoms. The molecule has 0 bridgehead atoms. The minimum Gasteiger partial charge on any atom is -0.767 e. The number of rotatable bonds is 8. The van der Waals surface area contributed by atoms with E-state index in [0.29, 0.717) is 46.7 Å². The minimum atomic E-state index is -0.964. The molecule has 10 heteroatoms. The van der Waals surface area contributed by atoms with E-state index in [4.69, 9.17) is 21.4 Å². The maximum atomic E-state index is 14.1. The number of hydrogen-bond donors (Lipinski definition) is 1. The number of hydrazine groups is 1. The molecular formula is C43H40ClN6O3-. The molecule has 1 aromatic heterocycles. The van der Waals surface area contributed by atoms with Crippen molar-refractivity contribution in [1.29, 1.82) is 5.26 Å². The maximum absolute atomic E-state index is 14.1. The summed E-state index contributed by atoms with van der Waals surface area (Å²) in [4.78, 5) is 14.6. The van der Waals surface area contributed by atoms with Crippen molar-refractivity contribution in [2.45, 2.75) is 50.8 Å². The molecule has 9 nitrogen and oxygen atoms in total. The van der Waals surface area contributed by atoms with Crippen LogP contribution in [0.2, 0.25) is 5.02 Å². The van der Waals surface area contributed by atoms with Crippen LogP contribution >= 0.6 is 11.6 Å². The third-order valence-corrected chi connectivity index (χ3v) is 9.90. The lowest BCUT2D eigenvalue weighted by Gasteiger charge is -2.43. The van der Waals surface area contributed by atoms with Gasteiger partial charge < -0.3 is 20.3 Å².